The molecular weight excluding hydrogens is 332 g/mol. The van der Waals surface area contributed by atoms with Gasteiger partial charge in [-0.25, -0.2) is 4.98 Å². The lowest BCUT2D eigenvalue weighted by molar-refractivity contribution is 0.414. The highest BCUT2D eigenvalue weighted by atomic mass is 32.2. The molecule has 128 valence electrons. The van der Waals surface area contributed by atoms with Crippen molar-refractivity contribution >= 4 is 23.3 Å². The molecule has 0 saturated heterocycles. The van der Waals surface area contributed by atoms with Gasteiger partial charge in [-0.15, -0.1) is 11.8 Å². The van der Waals surface area contributed by atoms with Crippen molar-refractivity contribution in [1.82, 2.24) is 9.97 Å². The molecule has 0 fully saturated rings. The van der Waals surface area contributed by atoms with Crippen molar-refractivity contribution in [3.8, 4) is 5.75 Å². The van der Waals surface area contributed by atoms with Crippen LogP contribution in [0.25, 0.3) is 0 Å². The van der Waals surface area contributed by atoms with Crippen LogP contribution in [0.2, 0.25) is 0 Å². The van der Waals surface area contributed by atoms with Crippen LogP contribution >= 0.6 is 11.8 Å². The number of methoxy groups -OCH3 is 1. The van der Waals surface area contributed by atoms with Crippen molar-refractivity contribution in [2.75, 3.05) is 18.2 Å². The van der Waals surface area contributed by atoms with Crippen molar-refractivity contribution in [2.45, 2.75) is 17.2 Å². The van der Waals surface area contributed by atoms with Crippen molar-refractivity contribution in [3.63, 3.8) is 0 Å². The molecule has 2 heterocycles. The predicted octanol–water partition coefficient (Wildman–Crippen LogP) is 3.97. The van der Waals surface area contributed by atoms with Crippen LogP contribution in [-0.2, 0) is 12.3 Å². The smallest absolute Gasteiger partial charge is 0.126 e. The van der Waals surface area contributed by atoms with Crippen molar-refractivity contribution < 1.29 is 4.74 Å². The van der Waals surface area contributed by atoms with E-state index >= 15 is 0 Å². The van der Waals surface area contributed by atoms with E-state index in [0.29, 0.717) is 6.54 Å². The number of rotatable bonds is 7. The fourth-order valence-electron chi connectivity index (χ4n) is 2.24. The number of nitrogen functional groups attached to an aromatic ring is 1. The topological polar surface area (TPSA) is 73.1 Å². The molecule has 5 nitrogen and oxygen atoms in total. The monoisotopic (exact) mass is 352 g/mol. The molecule has 0 bridgehead atoms. The Morgan fingerprint density at radius 3 is 2.76 bits per heavy atom. The van der Waals surface area contributed by atoms with Crippen LogP contribution in [-0.4, -0.2) is 17.1 Å². The Morgan fingerprint density at radius 2 is 2.04 bits per heavy atom. The van der Waals surface area contributed by atoms with Gasteiger partial charge < -0.3 is 15.8 Å². The quantitative estimate of drug-likeness (QED) is 0.495. The number of ether oxygens (including phenoxy) is 1. The van der Waals surface area contributed by atoms with Gasteiger partial charge in [-0.2, -0.15) is 0 Å². The van der Waals surface area contributed by atoms with Crippen LogP contribution in [0.15, 0.2) is 66.0 Å². The highest BCUT2D eigenvalue weighted by Gasteiger charge is 2.04. The number of nitrogens with two attached hydrogens (primary N) is 1. The molecule has 3 N–H and O–H groups in total. The number of benzene rings is 1. The average Bonchev–Trinajstić information content (AvgIpc) is 2.67. The van der Waals surface area contributed by atoms with Crippen molar-refractivity contribution in [1.29, 1.82) is 0 Å². The molecule has 0 saturated carbocycles. The Kier molecular flexibility index (Phi) is 5.74. The van der Waals surface area contributed by atoms with E-state index in [-0.39, 0.29) is 0 Å². The largest absolute Gasteiger partial charge is 0.497 e. The molecule has 0 aliphatic rings. The van der Waals surface area contributed by atoms with Gasteiger partial charge in [-0.1, -0.05) is 12.1 Å². The molecule has 0 aliphatic carbocycles. The van der Waals surface area contributed by atoms with E-state index in [1.165, 1.54) is 0 Å². The highest BCUT2D eigenvalue weighted by molar-refractivity contribution is 7.98. The van der Waals surface area contributed by atoms with E-state index in [2.05, 4.69) is 21.4 Å². The Morgan fingerprint density at radius 1 is 1.12 bits per heavy atom. The minimum Gasteiger partial charge on any atom is -0.497 e. The molecule has 0 aliphatic heterocycles. The fraction of sp³-hybridized carbons (Fsp3) is 0.158. The lowest BCUT2D eigenvalue weighted by atomic mass is 10.3. The highest BCUT2D eigenvalue weighted by Crippen LogP contribution is 2.31. The zero-order chi connectivity index (χ0) is 17.5. The summed E-state index contributed by atoms with van der Waals surface area (Å²) in [7, 11) is 1.65. The Balaban J connectivity index is 1.56. The molecule has 0 atom stereocenters. The summed E-state index contributed by atoms with van der Waals surface area (Å²) in [5, 5.41) is 3.29. The molecule has 0 unspecified atom stereocenters. The van der Waals surface area contributed by atoms with Crippen LogP contribution < -0.4 is 15.8 Å². The molecule has 6 heteroatoms. The lowest BCUT2D eigenvalue weighted by Gasteiger charge is -2.09. The zero-order valence-electron chi connectivity index (χ0n) is 14.0. The van der Waals surface area contributed by atoms with Crippen LogP contribution in [0, 0.1) is 0 Å². The number of hydrogen-bond acceptors (Lipinski definition) is 6. The third-order valence-corrected chi connectivity index (χ3v) is 4.78. The Labute approximate surface area is 151 Å². The maximum Gasteiger partial charge on any atom is 0.126 e. The third kappa shape index (κ3) is 4.87. The summed E-state index contributed by atoms with van der Waals surface area (Å²) < 4.78 is 5.25. The second kappa shape index (κ2) is 8.39. The summed E-state index contributed by atoms with van der Waals surface area (Å²) in [6.45, 7) is 0.704. The molecule has 3 rings (SSSR count). The summed E-state index contributed by atoms with van der Waals surface area (Å²) in [5.74, 6) is 2.45. The van der Waals surface area contributed by atoms with Gasteiger partial charge in [0.1, 0.15) is 11.6 Å². The van der Waals surface area contributed by atoms with Gasteiger partial charge in [0.05, 0.1) is 7.11 Å². The number of pyridine rings is 2. The fourth-order valence-corrected chi connectivity index (χ4v) is 3.16. The molecule has 0 amide bonds. The zero-order valence-corrected chi connectivity index (χ0v) is 14.8. The van der Waals surface area contributed by atoms with Crippen molar-refractivity contribution in [2.24, 2.45) is 0 Å². The lowest BCUT2D eigenvalue weighted by Crippen LogP contribution is -2.01. The third-order valence-electron chi connectivity index (χ3n) is 3.64. The Hall–Kier alpha value is -2.73. The van der Waals surface area contributed by atoms with Gasteiger partial charge in [0.15, 0.2) is 0 Å². The summed E-state index contributed by atoms with van der Waals surface area (Å²) in [5.41, 5.74) is 9.04. The molecule has 0 radical (unpaired) electrons. The van der Waals surface area contributed by atoms with Crippen molar-refractivity contribution in [3.05, 3.63) is 72.2 Å². The number of aromatic nitrogens is 2. The minimum absolute atomic E-state index is 0.704. The van der Waals surface area contributed by atoms with Gasteiger partial charge in [0.25, 0.3) is 0 Å². The first-order valence-corrected chi connectivity index (χ1v) is 8.87. The summed E-state index contributed by atoms with van der Waals surface area (Å²) in [6, 6.07) is 13.7. The van der Waals surface area contributed by atoms with E-state index in [9.17, 15) is 0 Å². The van der Waals surface area contributed by atoms with Crippen LogP contribution in [0.5, 0.6) is 5.75 Å². The first-order valence-electron chi connectivity index (χ1n) is 7.88. The number of hydrogen-bond donors (Lipinski definition) is 2. The van der Waals surface area contributed by atoms with Gasteiger partial charge in [0.2, 0.25) is 0 Å². The summed E-state index contributed by atoms with van der Waals surface area (Å²) in [6.07, 6.45) is 5.49. The van der Waals surface area contributed by atoms with E-state index in [1.807, 2.05) is 48.8 Å². The molecular formula is C19H20N4OS. The molecule has 2 aromatic heterocycles. The van der Waals surface area contributed by atoms with Gasteiger partial charge in [-0.05, 0) is 41.5 Å². The number of thioether (sulfide) groups is 1. The standard InChI is InChI=1S/C19H20N4OS/c1-24-16-5-6-17(20)18(9-16)25-13-15-4-7-19(23-12-15)22-11-14-3-2-8-21-10-14/h2-10,12H,11,13,20H2,1H3,(H,22,23). The van der Waals surface area contributed by atoms with Gasteiger partial charge in [0, 0.05) is 41.5 Å². The maximum atomic E-state index is 6.02. The minimum atomic E-state index is 0.704. The first kappa shape index (κ1) is 17.1. The van der Waals surface area contributed by atoms with E-state index in [0.717, 1.165) is 39.0 Å². The number of anilines is 2. The SMILES string of the molecule is COc1ccc(N)c(SCc2ccc(NCc3cccnc3)nc2)c1. The van der Waals surface area contributed by atoms with Gasteiger partial charge >= 0.3 is 0 Å². The van der Waals surface area contributed by atoms with Crippen LogP contribution in [0.4, 0.5) is 11.5 Å². The molecule has 0 spiro atoms. The first-order chi connectivity index (χ1) is 12.2. The van der Waals surface area contributed by atoms with Crippen LogP contribution in [0.3, 0.4) is 0 Å². The number of nitrogens with one attached hydrogen (secondary N) is 1. The van der Waals surface area contributed by atoms with Gasteiger partial charge in [-0.3, -0.25) is 4.98 Å². The predicted molar refractivity (Wildman–Crippen MR) is 103 cm³/mol. The number of nitrogens with zero attached hydrogens (tertiary/aromatic N) is 2. The second-order valence-electron chi connectivity index (χ2n) is 5.46. The maximum absolute atomic E-state index is 6.02. The second-order valence-corrected chi connectivity index (χ2v) is 6.48. The van der Waals surface area contributed by atoms with E-state index in [4.69, 9.17) is 10.5 Å². The Bertz CT molecular complexity index is 809. The van der Waals surface area contributed by atoms with Crippen LogP contribution in [0.1, 0.15) is 11.1 Å². The summed E-state index contributed by atoms with van der Waals surface area (Å²) >= 11 is 1.67. The normalized spacial score (nSPS) is 10.4. The summed E-state index contributed by atoms with van der Waals surface area (Å²) in [4.78, 5) is 9.57. The van der Waals surface area contributed by atoms with E-state index < -0.39 is 0 Å². The molecule has 3 aromatic rings. The molecule has 1 aromatic carbocycles. The average molecular weight is 352 g/mol. The van der Waals surface area contributed by atoms with E-state index in [1.54, 1.807) is 25.1 Å². The molecule has 25 heavy (non-hydrogen) atoms.